The second-order valence-electron chi connectivity index (χ2n) is 2.55. The first kappa shape index (κ1) is 6.78. The lowest BCUT2D eigenvalue weighted by molar-refractivity contribution is 0.212. The first-order valence-corrected chi connectivity index (χ1v) is 3.32. The molecule has 1 aliphatic rings. The summed E-state index contributed by atoms with van der Waals surface area (Å²) in [5.74, 6) is 0. The van der Waals surface area contributed by atoms with Crippen molar-refractivity contribution in [2.24, 2.45) is 0 Å². The monoisotopic (exact) mass is 127 g/mol. The Hall–Kier alpha value is -0.340. The van der Waals surface area contributed by atoms with Crippen molar-refractivity contribution >= 4 is 0 Å². The van der Waals surface area contributed by atoms with E-state index in [1.807, 2.05) is 0 Å². The molecule has 0 aliphatic carbocycles. The van der Waals surface area contributed by atoms with E-state index in [4.69, 9.17) is 5.11 Å². The molecule has 2 heteroatoms. The highest BCUT2D eigenvalue weighted by Crippen LogP contribution is 2.18. The van der Waals surface area contributed by atoms with Crippen LogP contribution in [-0.4, -0.2) is 23.8 Å². The molecule has 0 aromatic heterocycles. The Labute approximate surface area is 55.6 Å². The standard InChI is InChI=1S/C7H13NO/c1-2-7(6-9)4-3-5-8-7/h2,8-9H,1,3-6H2. The summed E-state index contributed by atoms with van der Waals surface area (Å²) < 4.78 is 0. The Bertz CT molecular complexity index is 105. The van der Waals surface area contributed by atoms with Crippen LogP contribution in [-0.2, 0) is 0 Å². The minimum atomic E-state index is -0.153. The topological polar surface area (TPSA) is 32.3 Å². The van der Waals surface area contributed by atoms with Gasteiger partial charge in [-0.25, -0.2) is 0 Å². The van der Waals surface area contributed by atoms with E-state index in [0.29, 0.717) is 0 Å². The Balaban J connectivity index is 2.55. The van der Waals surface area contributed by atoms with Gasteiger partial charge in [0.1, 0.15) is 0 Å². The molecule has 1 aliphatic heterocycles. The van der Waals surface area contributed by atoms with E-state index < -0.39 is 0 Å². The van der Waals surface area contributed by atoms with Gasteiger partial charge < -0.3 is 10.4 Å². The summed E-state index contributed by atoms with van der Waals surface area (Å²) >= 11 is 0. The molecule has 9 heavy (non-hydrogen) atoms. The number of aliphatic hydroxyl groups excluding tert-OH is 1. The quantitative estimate of drug-likeness (QED) is 0.522. The van der Waals surface area contributed by atoms with Gasteiger partial charge in [-0.1, -0.05) is 6.08 Å². The van der Waals surface area contributed by atoms with Gasteiger partial charge in [0.25, 0.3) is 0 Å². The molecule has 1 saturated heterocycles. The average molecular weight is 127 g/mol. The highest BCUT2D eigenvalue weighted by molar-refractivity contribution is 5.05. The minimum Gasteiger partial charge on any atom is -0.394 e. The van der Waals surface area contributed by atoms with Crippen LogP contribution in [0.1, 0.15) is 12.8 Å². The zero-order valence-electron chi connectivity index (χ0n) is 5.56. The molecule has 0 saturated carbocycles. The van der Waals surface area contributed by atoms with Gasteiger partial charge in [-0.15, -0.1) is 6.58 Å². The molecule has 2 N–H and O–H groups in total. The van der Waals surface area contributed by atoms with Gasteiger partial charge in [0.15, 0.2) is 0 Å². The summed E-state index contributed by atoms with van der Waals surface area (Å²) in [7, 11) is 0. The van der Waals surface area contributed by atoms with Crippen LogP contribution in [0.25, 0.3) is 0 Å². The molecule has 0 aromatic rings. The predicted octanol–water partition coefficient (Wildman–Crippen LogP) is 0.287. The number of nitrogens with one attached hydrogen (secondary N) is 1. The fourth-order valence-electron chi connectivity index (χ4n) is 1.20. The van der Waals surface area contributed by atoms with E-state index in [9.17, 15) is 0 Å². The van der Waals surface area contributed by atoms with E-state index in [1.165, 1.54) is 0 Å². The van der Waals surface area contributed by atoms with Crippen LogP contribution < -0.4 is 5.32 Å². The van der Waals surface area contributed by atoms with E-state index in [2.05, 4.69) is 11.9 Å². The molecule has 52 valence electrons. The second kappa shape index (κ2) is 2.50. The fourth-order valence-corrected chi connectivity index (χ4v) is 1.20. The zero-order valence-corrected chi connectivity index (χ0v) is 5.56. The molecule has 0 aromatic carbocycles. The first-order valence-electron chi connectivity index (χ1n) is 3.32. The maximum Gasteiger partial charge on any atom is 0.0649 e. The predicted molar refractivity (Wildman–Crippen MR) is 37.3 cm³/mol. The lowest BCUT2D eigenvalue weighted by Gasteiger charge is -2.21. The molecule has 0 bridgehead atoms. The van der Waals surface area contributed by atoms with Crippen LogP contribution >= 0.6 is 0 Å². The Morgan fingerprint density at radius 1 is 1.78 bits per heavy atom. The minimum absolute atomic E-state index is 0.153. The Kier molecular flexibility index (Phi) is 1.88. The van der Waals surface area contributed by atoms with Crippen molar-refractivity contribution in [1.29, 1.82) is 0 Å². The normalized spacial score (nSPS) is 34.8. The highest BCUT2D eigenvalue weighted by Gasteiger charge is 2.28. The van der Waals surface area contributed by atoms with Crippen molar-refractivity contribution in [3.05, 3.63) is 12.7 Å². The highest BCUT2D eigenvalue weighted by atomic mass is 16.3. The van der Waals surface area contributed by atoms with Crippen molar-refractivity contribution in [2.75, 3.05) is 13.2 Å². The average Bonchev–Trinajstić information content (AvgIpc) is 2.36. The molecule has 2 nitrogen and oxygen atoms in total. The van der Waals surface area contributed by atoms with Crippen LogP contribution in [0.5, 0.6) is 0 Å². The van der Waals surface area contributed by atoms with E-state index in [-0.39, 0.29) is 12.1 Å². The molecular formula is C7H13NO. The van der Waals surface area contributed by atoms with Crippen LogP contribution in [0.4, 0.5) is 0 Å². The van der Waals surface area contributed by atoms with Crippen LogP contribution in [0, 0.1) is 0 Å². The number of aliphatic hydroxyl groups is 1. The molecule has 1 unspecified atom stereocenters. The van der Waals surface area contributed by atoms with E-state index in [0.717, 1.165) is 19.4 Å². The van der Waals surface area contributed by atoms with Crippen LogP contribution in [0.15, 0.2) is 12.7 Å². The number of hydrogen-bond acceptors (Lipinski definition) is 2. The summed E-state index contributed by atoms with van der Waals surface area (Å²) in [4.78, 5) is 0. The van der Waals surface area contributed by atoms with Crippen LogP contribution in [0.2, 0.25) is 0 Å². The lowest BCUT2D eigenvalue weighted by atomic mass is 9.99. The zero-order chi connectivity index (χ0) is 6.74. The third-order valence-corrected chi connectivity index (χ3v) is 1.95. The largest absolute Gasteiger partial charge is 0.394 e. The second-order valence-corrected chi connectivity index (χ2v) is 2.55. The van der Waals surface area contributed by atoms with Gasteiger partial charge in [-0.3, -0.25) is 0 Å². The summed E-state index contributed by atoms with van der Waals surface area (Å²) in [6, 6.07) is 0. The lowest BCUT2D eigenvalue weighted by Crippen LogP contribution is -2.40. The maximum atomic E-state index is 8.88. The molecule has 0 spiro atoms. The van der Waals surface area contributed by atoms with Gasteiger partial charge >= 0.3 is 0 Å². The van der Waals surface area contributed by atoms with Gasteiger partial charge in [-0.05, 0) is 19.4 Å². The molecule has 1 heterocycles. The van der Waals surface area contributed by atoms with Crippen molar-refractivity contribution < 1.29 is 5.11 Å². The molecule has 0 amide bonds. The summed E-state index contributed by atoms with van der Waals surface area (Å²) in [6.45, 7) is 4.85. The van der Waals surface area contributed by atoms with Crippen molar-refractivity contribution in [3.63, 3.8) is 0 Å². The van der Waals surface area contributed by atoms with E-state index >= 15 is 0 Å². The smallest absolute Gasteiger partial charge is 0.0649 e. The molecular weight excluding hydrogens is 114 g/mol. The molecule has 1 rings (SSSR count). The number of hydrogen-bond donors (Lipinski definition) is 2. The van der Waals surface area contributed by atoms with Gasteiger partial charge in [-0.2, -0.15) is 0 Å². The molecule has 0 radical (unpaired) electrons. The van der Waals surface area contributed by atoms with Crippen molar-refractivity contribution in [3.8, 4) is 0 Å². The molecule has 1 fully saturated rings. The Morgan fingerprint density at radius 2 is 2.56 bits per heavy atom. The SMILES string of the molecule is C=CC1(CO)CCCN1. The first-order chi connectivity index (χ1) is 4.33. The Morgan fingerprint density at radius 3 is 2.78 bits per heavy atom. The third kappa shape index (κ3) is 1.14. The van der Waals surface area contributed by atoms with Crippen LogP contribution in [0.3, 0.4) is 0 Å². The van der Waals surface area contributed by atoms with E-state index in [1.54, 1.807) is 6.08 Å². The van der Waals surface area contributed by atoms with Gasteiger partial charge in [0.05, 0.1) is 12.1 Å². The summed E-state index contributed by atoms with van der Waals surface area (Å²) in [6.07, 6.45) is 3.97. The molecule has 1 atom stereocenters. The number of rotatable bonds is 2. The maximum absolute atomic E-state index is 8.88. The van der Waals surface area contributed by atoms with Crippen molar-refractivity contribution in [2.45, 2.75) is 18.4 Å². The fraction of sp³-hybridized carbons (Fsp3) is 0.714. The summed E-state index contributed by atoms with van der Waals surface area (Å²) in [5.41, 5.74) is -0.153. The van der Waals surface area contributed by atoms with Gasteiger partial charge in [0.2, 0.25) is 0 Å². The van der Waals surface area contributed by atoms with Crippen molar-refractivity contribution in [1.82, 2.24) is 5.32 Å². The summed E-state index contributed by atoms with van der Waals surface area (Å²) in [5, 5.41) is 12.1. The van der Waals surface area contributed by atoms with Gasteiger partial charge in [0, 0.05) is 0 Å². The third-order valence-electron chi connectivity index (χ3n) is 1.95.